The van der Waals surface area contributed by atoms with Crippen molar-refractivity contribution in [1.29, 1.82) is 0 Å². The Bertz CT molecular complexity index is 1190. The Morgan fingerprint density at radius 1 is 0.882 bits per heavy atom. The zero-order valence-corrected chi connectivity index (χ0v) is 19.4. The Kier molecular flexibility index (Phi) is 6.50. The lowest BCUT2D eigenvalue weighted by Crippen LogP contribution is -2.45. The summed E-state index contributed by atoms with van der Waals surface area (Å²) in [5.74, 6) is -0.470. The average molecular weight is 458 g/mol. The van der Waals surface area contributed by atoms with E-state index in [9.17, 15) is 14.7 Å². The number of rotatable bonds is 6. The highest BCUT2D eigenvalue weighted by atomic mass is 16.3. The zero-order valence-electron chi connectivity index (χ0n) is 19.4. The highest BCUT2D eigenvalue weighted by Crippen LogP contribution is 2.31. The molecule has 6 nitrogen and oxygen atoms in total. The molecule has 0 aromatic heterocycles. The number of hydrogen-bond acceptors (Lipinski definition) is 4. The van der Waals surface area contributed by atoms with E-state index in [1.54, 1.807) is 17.0 Å². The second-order valence-corrected chi connectivity index (χ2v) is 9.36. The summed E-state index contributed by atoms with van der Waals surface area (Å²) in [6.07, 6.45) is 3.96. The zero-order chi connectivity index (χ0) is 23.5. The quantitative estimate of drug-likeness (QED) is 0.586. The Balaban J connectivity index is 1.22. The van der Waals surface area contributed by atoms with Gasteiger partial charge in [0.05, 0.1) is 5.56 Å². The molecular weight excluding hydrogens is 426 g/mol. The van der Waals surface area contributed by atoms with Gasteiger partial charge in [-0.25, -0.2) is 0 Å². The number of carbonyl (C=O) groups excluding carboxylic acids is 2. The molecule has 0 bridgehead atoms. The van der Waals surface area contributed by atoms with Gasteiger partial charge in [0.25, 0.3) is 5.91 Å². The van der Waals surface area contributed by atoms with Crippen molar-refractivity contribution in [3.63, 3.8) is 0 Å². The maximum Gasteiger partial charge on any atom is 0.258 e. The van der Waals surface area contributed by atoms with Crippen molar-refractivity contribution in [3.8, 4) is 5.75 Å². The number of fused-ring (bicyclic) bond motifs is 1. The van der Waals surface area contributed by atoms with Gasteiger partial charge in [-0.2, -0.15) is 0 Å². The minimum Gasteiger partial charge on any atom is -0.506 e. The van der Waals surface area contributed by atoms with Crippen LogP contribution in [-0.2, 0) is 17.9 Å². The Labute approximate surface area is 200 Å². The van der Waals surface area contributed by atoms with Crippen LogP contribution >= 0.6 is 0 Å². The van der Waals surface area contributed by atoms with Crippen molar-refractivity contribution in [2.45, 2.75) is 44.8 Å². The summed E-state index contributed by atoms with van der Waals surface area (Å²) in [6.45, 7) is 4.27. The molecule has 2 amide bonds. The number of nitrogens with one attached hydrogen (secondary N) is 1. The fraction of sp³-hybridized carbons (Fsp3) is 0.357. The molecule has 2 N–H and O–H groups in total. The molecule has 6 heteroatoms. The standard InChI is InChI=1S/C28H31N3O3/c32-26-23-7-2-1-6-22(23)13-14-24(26)28(34)31-17-5-8-25(31)27(33)29-18-20-9-11-21(12-10-20)19-30-15-3-4-16-30/h1-2,6-7,9-14,25,32H,3-5,8,15-19H2,(H,29,33)/t25-/m0/s1. The van der Waals surface area contributed by atoms with Gasteiger partial charge < -0.3 is 15.3 Å². The van der Waals surface area contributed by atoms with Gasteiger partial charge in [-0.3, -0.25) is 14.5 Å². The van der Waals surface area contributed by atoms with Crippen LogP contribution in [0.15, 0.2) is 60.7 Å². The lowest BCUT2D eigenvalue weighted by Gasteiger charge is -2.24. The first kappa shape index (κ1) is 22.4. The molecule has 0 aliphatic carbocycles. The average Bonchev–Trinajstić information content (AvgIpc) is 3.56. The topological polar surface area (TPSA) is 72.9 Å². The van der Waals surface area contributed by atoms with Crippen molar-refractivity contribution in [1.82, 2.24) is 15.1 Å². The van der Waals surface area contributed by atoms with Crippen LogP contribution in [0.5, 0.6) is 5.75 Å². The van der Waals surface area contributed by atoms with Gasteiger partial charge in [0, 0.05) is 25.0 Å². The Morgan fingerprint density at radius 3 is 2.41 bits per heavy atom. The normalized spacial score (nSPS) is 18.5. The second kappa shape index (κ2) is 9.85. The minimum absolute atomic E-state index is 0.0248. The van der Waals surface area contributed by atoms with Gasteiger partial charge in [-0.1, -0.05) is 54.6 Å². The summed E-state index contributed by atoms with van der Waals surface area (Å²) in [5, 5.41) is 15.2. The first-order valence-electron chi connectivity index (χ1n) is 12.2. The van der Waals surface area contributed by atoms with Gasteiger partial charge in [0.15, 0.2) is 0 Å². The highest BCUT2D eigenvalue weighted by molar-refractivity contribution is 6.05. The fourth-order valence-electron chi connectivity index (χ4n) is 5.13. The molecular formula is C28H31N3O3. The number of amides is 2. The number of phenolic OH excluding ortho intramolecular Hbond substituents is 1. The maximum atomic E-state index is 13.3. The van der Waals surface area contributed by atoms with E-state index in [1.807, 2.05) is 24.3 Å². The lowest BCUT2D eigenvalue weighted by atomic mass is 10.0. The van der Waals surface area contributed by atoms with E-state index >= 15 is 0 Å². The van der Waals surface area contributed by atoms with E-state index in [0.29, 0.717) is 24.9 Å². The Morgan fingerprint density at radius 2 is 1.62 bits per heavy atom. The molecule has 2 aliphatic rings. The lowest BCUT2D eigenvalue weighted by molar-refractivity contribution is -0.125. The van der Waals surface area contributed by atoms with E-state index in [1.165, 1.54) is 31.5 Å². The smallest absolute Gasteiger partial charge is 0.258 e. The summed E-state index contributed by atoms with van der Waals surface area (Å²) in [7, 11) is 0. The third kappa shape index (κ3) is 4.64. The van der Waals surface area contributed by atoms with Crippen LogP contribution < -0.4 is 5.32 Å². The molecule has 2 heterocycles. The van der Waals surface area contributed by atoms with E-state index in [2.05, 4.69) is 34.5 Å². The van der Waals surface area contributed by atoms with Crippen molar-refractivity contribution in [2.24, 2.45) is 0 Å². The highest BCUT2D eigenvalue weighted by Gasteiger charge is 2.35. The number of hydrogen-bond donors (Lipinski definition) is 2. The van der Waals surface area contributed by atoms with Crippen LogP contribution in [0.2, 0.25) is 0 Å². The Hall–Kier alpha value is -3.38. The van der Waals surface area contributed by atoms with E-state index in [0.717, 1.165) is 23.9 Å². The van der Waals surface area contributed by atoms with Crippen molar-refractivity contribution in [3.05, 3.63) is 77.4 Å². The molecule has 2 fully saturated rings. The molecule has 1 atom stereocenters. The second-order valence-electron chi connectivity index (χ2n) is 9.36. The van der Waals surface area contributed by atoms with Crippen LogP contribution in [0.25, 0.3) is 10.8 Å². The molecule has 2 saturated heterocycles. The van der Waals surface area contributed by atoms with Crippen LogP contribution in [0.4, 0.5) is 0 Å². The molecule has 3 aromatic carbocycles. The summed E-state index contributed by atoms with van der Waals surface area (Å²) in [6, 6.07) is 18.8. The molecule has 5 rings (SSSR count). The van der Waals surface area contributed by atoms with Gasteiger partial charge in [0.1, 0.15) is 11.8 Å². The van der Waals surface area contributed by atoms with E-state index in [-0.39, 0.29) is 23.1 Å². The fourth-order valence-corrected chi connectivity index (χ4v) is 5.13. The molecule has 34 heavy (non-hydrogen) atoms. The molecule has 0 radical (unpaired) electrons. The molecule has 0 spiro atoms. The van der Waals surface area contributed by atoms with Gasteiger partial charge in [-0.15, -0.1) is 0 Å². The van der Waals surface area contributed by atoms with Crippen molar-refractivity contribution < 1.29 is 14.7 Å². The summed E-state index contributed by atoms with van der Waals surface area (Å²) in [4.78, 5) is 30.3. The third-order valence-corrected chi connectivity index (χ3v) is 7.04. The third-order valence-electron chi connectivity index (χ3n) is 7.04. The monoisotopic (exact) mass is 457 g/mol. The van der Waals surface area contributed by atoms with Gasteiger partial charge in [-0.05, 0) is 61.4 Å². The van der Waals surface area contributed by atoms with Gasteiger partial charge in [0.2, 0.25) is 5.91 Å². The molecule has 2 aliphatic heterocycles. The molecule has 176 valence electrons. The first-order chi connectivity index (χ1) is 16.6. The van der Waals surface area contributed by atoms with E-state index in [4.69, 9.17) is 0 Å². The number of benzene rings is 3. The molecule has 0 saturated carbocycles. The first-order valence-corrected chi connectivity index (χ1v) is 12.2. The maximum absolute atomic E-state index is 13.3. The van der Waals surface area contributed by atoms with Crippen LogP contribution in [0.3, 0.4) is 0 Å². The summed E-state index contributed by atoms with van der Waals surface area (Å²) >= 11 is 0. The SMILES string of the molecule is O=C(NCc1ccc(CN2CCCC2)cc1)[C@@H]1CCCN1C(=O)c1ccc2ccccc2c1O. The minimum atomic E-state index is -0.521. The van der Waals surface area contributed by atoms with Crippen molar-refractivity contribution >= 4 is 22.6 Å². The van der Waals surface area contributed by atoms with Crippen molar-refractivity contribution in [2.75, 3.05) is 19.6 Å². The molecule has 3 aromatic rings. The number of nitrogens with zero attached hydrogens (tertiary/aromatic N) is 2. The number of likely N-dealkylation sites (tertiary alicyclic amines) is 2. The van der Waals surface area contributed by atoms with Crippen LogP contribution in [-0.4, -0.2) is 52.4 Å². The summed E-state index contributed by atoms with van der Waals surface area (Å²) < 4.78 is 0. The van der Waals surface area contributed by atoms with Crippen LogP contribution in [0, 0.1) is 0 Å². The summed E-state index contributed by atoms with van der Waals surface area (Å²) in [5.41, 5.74) is 2.58. The van der Waals surface area contributed by atoms with Gasteiger partial charge >= 0.3 is 0 Å². The number of aromatic hydroxyl groups is 1. The number of phenols is 1. The van der Waals surface area contributed by atoms with Crippen LogP contribution in [0.1, 0.15) is 47.2 Å². The molecule has 0 unspecified atom stereocenters. The number of carbonyl (C=O) groups is 2. The predicted octanol–water partition coefficient (Wildman–Crippen LogP) is 4.06. The predicted molar refractivity (Wildman–Crippen MR) is 132 cm³/mol. The van der Waals surface area contributed by atoms with E-state index < -0.39 is 6.04 Å². The largest absolute Gasteiger partial charge is 0.506 e.